The number of halogens is 1. The summed E-state index contributed by atoms with van der Waals surface area (Å²) in [5.41, 5.74) is 6.99. The number of nitrogens with two attached hydrogens (primary N) is 1. The Kier molecular flexibility index (Phi) is 1.77. The second-order valence-electron chi connectivity index (χ2n) is 3.09. The number of benzene rings is 1. The van der Waals surface area contributed by atoms with Crippen molar-refractivity contribution in [1.82, 2.24) is 0 Å². The highest BCUT2D eigenvalue weighted by atomic mass is 19.1. The lowest BCUT2D eigenvalue weighted by Crippen LogP contribution is -2.27. The van der Waals surface area contributed by atoms with E-state index in [1.807, 2.05) is 0 Å². The molecular weight excluding hydrogens is 171 g/mol. The molecule has 1 aliphatic heterocycles. The summed E-state index contributed by atoms with van der Waals surface area (Å²) in [6, 6.07) is 3.92. The van der Waals surface area contributed by atoms with Crippen molar-refractivity contribution in [2.24, 2.45) is 5.73 Å². The minimum absolute atomic E-state index is 0.161. The molecule has 3 nitrogen and oxygen atoms in total. The second kappa shape index (κ2) is 2.81. The maximum Gasteiger partial charge on any atom is 0.226 e. The molecule has 0 saturated heterocycles. The highest BCUT2D eigenvalue weighted by molar-refractivity contribution is 5.94. The largest absolute Gasteiger partial charge is 0.326 e. The van der Waals surface area contributed by atoms with E-state index in [1.165, 1.54) is 12.1 Å². The molecule has 1 atom stereocenters. The lowest BCUT2D eigenvalue weighted by molar-refractivity contribution is -0.116. The Labute approximate surface area is 74.7 Å². The Balaban J connectivity index is 2.49. The number of amides is 1. The maximum absolute atomic E-state index is 12.8. The molecule has 0 radical (unpaired) electrons. The lowest BCUT2D eigenvalue weighted by Gasteiger charge is -2.22. The molecule has 4 heteroatoms. The van der Waals surface area contributed by atoms with Gasteiger partial charge in [-0.2, -0.15) is 0 Å². The Morgan fingerprint density at radius 1 is 1.54 bits per heavy atom. The summed E-state index contributed by atoms with van der Waals surface area (Å²) in [5.74, 6) is -0.529. The van der Waals surface area contributed by atoms with Gasteiger partial charge in [-0.25, -0.2) is 4.39 Å². The molecule has 68 valence electrons. The molecule has 0 spiro atoms. The highest BCUT2D eigenvalue weighted by Crippen LogP contribution is 2.28. The molecule has 0 fully saturated rings. The van der Waals surface area contributed by atoms with Gasteiger partial charge in [0, 0.05) is 18.2 Å². The Bertz CT molecular complexity index is 365. The molecule has 0 saturated carbocycles. The molecule has 0 bridgehead atoms. The standard InChI is InChI=1S/C9H9FN2O/c10-5-1-2-6-7(11)4-9(13)12-8(6)3-5/h1-3,7H,4,11H2,(H,12,13). The van der Waals surface area contributed by atoms with Gasteiger partial charge in [-0.1, -0.05) is 6.07 Å². The molecule has 1 aliphatic rings. The average Bonchev–Trinajstić information content (AvgIpc) is 2.02. The minimum atomic E-state index is -0.367. The molecule has 0 aromatic heterocycles. The van der Waals surface area contributed by atoms with Crippen LogP contribution in [-0.4, -0.2) is 5.91 Å². The topological polar surface area (TPSA) is 55.1 Å². The van der Waals surface area contributed by atoms with Crippen LogP contribution < -0.4 is 11.1 Å². The van der Waals surface area contributed by atoms with E-state index in [0.29, 0.717) is 5.69 Å². The summed E-state index contributed by atoms with van der Waals surface area (Å²) in [5, 5.41) is 2.57. The van der Waals surface area contributed by atoms with E-state index in [4.69, 9.17) is 5.73 Å². The number of carbonyl (C=O) groups excluding carboxylic acids is 1. The molecule has 1 unspecified atom stereocenters. The molecule has 1 aromatic carbocycles. The van der Waals surface area contributed by atoms with Crippen molar-refractivity contribution >= 4 is 11.6 Å². The zero-order valence-corrected chi connectivity index (χ0v) is 6.88. The van der Waals surface area contributed by atoms with Gasteiger partial charge in [0.05, 0.1) is 0 Å². The van der Waals surface area contributed by atoms with E-state index in [0.717, 1.165) is 5.56 Å². The van der Waals surface area contributed by atoms with E-state index in [9.17, 15) is 9.18 Å². The number of carbonyl (C=O) groups is 1. The van der Waals surface area contributed by atoms with Crippen LogP contribution in [0.2, 0.25) is 0 Å². The van der Waals surface area contributed by atoms with E-state index in [1.54, 1.807) is 6.07 Å². The van der Waals surface area contributed by atoms with Crippen LogP contribution in [0.1, 0.15) is 18.0 Å². The molecule has 3 N–H and O–H groups in total. The fourth-order valence-electron chi connectivity index (χ4n) is 1.47. The smallest absolute Gasteiger partial charge is 0.226 e. The first-order valence-electron chi connectivity index (χ1n) is 4.01. The first-order chi connectivity index (χ1) is 6.16. The van der Waals surface area contributed by atoms with Gasteiger partial charge in [0.15, 0.2) is 0 Å². The van der Waals surface area contributed by atoms with E-state index >= 15 is 0 Å². The molecule has 1 aromatic rings. The summed E-state index contributed by atoms with van der Waals surface area (Å²) in [4.78, 5) is 11.0. The van der Waals surface area contributed by atoms with E-state index in [2.05, 4.69) is 5.32 Å². The summed E-state index contributed by atoms with van der Waals surface area (Å²) in [7, 11) is 0. The summed E-state index contributed by atoms with van der Waals surface area (Å²) in [6.45, 7) is 0. The number of hydrogen-bond acceptors (Lipinski definition) is 2. The predicted molar refractivity (Wildman–Crippen MR) is 46.6 cm³/mol. The predicted octanol–water partition coefficient (Wildman–Crippen LogP) is 1.17. The van der Waals surface area contributed by atoms with Crippen LogP contribution in [0.25, 0.3) is 0 Å². The SMILES string of the molecule is NC1CC(=O)Nc2cc(F)ccc21. The monoisotopic (exact) mass is 180 g/mol. The number of hydrogen-bond donors (Lipinski definition) is 2. The van der Waals surface area contributed by atoms with Crippen molar-refractivity contribution in [1.29, 1.82) is 0 Å². The third-order valence-electron chi connectivity index (χ3n) is 2.09. The zero-order valence-electron chi connectivity index (χ0n) is 6.88. The van der Waals surface area contributed by atoms with Crippen LogP contribution >= 0.6 is 0 Å². The maximum atomic E-state index is 12.8. The fourth-order valence-corrected chi connectivity index (χ4v) is 1.47. The van der Waals surface area contributed by atoms with Gasteiger partial charge in [-0.15, -0.1) is 0 Å². The van der Waals surface area contributed by atoms with Crippen LogP contribution in [0.5, 0.6) is 0 Å². The molecule has 1 heterocycles. The molecular formula is C9H9FN2O. The van der Waals surface area contributed by atoms with Crippen molar-refractivity contribution in [3.05, 3.63) is 29.6 Å². The third-order valence-corrected chi connectivity index (χ3v) is 2.09. The average molecular weight is 180 g/mol. The van der Waals surface area contributed by atoms with Gasteiger partial charge in [0.2, 0.25) is 5.91 Å². The second-order valence-corrected chi connectivity index (χ2v) is 3.09. The Morgan fingerprint density at radius 2 is 2.31 bits per heavy atom. The van der Waals surface area contributed by atoms with Crippen molar-refractivity contribution < 1.29 is 9.18 Å². The molecule has 0 aliphatic carbocycles. The van der Waals surface area contributed by atoms with Gasteiger partial charge >= 0.3 is 0 Å². The number of rotatable bonds is 0. The zero-order chi connectivity index (χ0) is 9.42. The summed E-state index contributed by atoms with van der Waals surface area (Å²) in [6.07, 6.45) is 0.263. The third kappa shape index (κ3) is 1.40. The first-order valence-corrected chi connectivity index (χ1v) is 4.01. The van der Waals surface area contributed by atoms with Gasteiger partial charge in [-0.3, -0.25) is 4.79 Å². The molecule has 13 heavy (non-hydrogen) atoms. The normalized spacial score (nSPS) is 20.8. The van der Waals surface area contributed by atoms with Crippen LogP contribution in [0.3, 0.4) is 0 Å². The minimum Gasteiger partial charge on any atom is -0.326 e. The van der Waals surface area contributed by atoms with E-state index in [-0.39, 0.29) is 24.2 Å². The number of anilines is 1. The van der Waals surface area contributed by atoms with Crippen LogP contribution in [0.4, 0.5) is 10.1 Å². The number of nitrogens with one attached hydrogen (secondary N) is 1. The van der Waals surface area contributed by atoms with Crippen molar-refractivity contribution in [2.75, 3.05) is 5.32 Å². The van der Waals surface area contributed by atoms with Crippen LogP contribution in [-0.2, 0) is 4.79 Å². The fraction of sp³-hybridized carbons (Fsp3) is 0.222. The molecule has 1 amide bonds. The van der Waals surface area contributed by atoms with Crippen LogP contribution in [0, 0.1) is 5.82 Å². The van der Waals surface area contributed by atoms with Gasteiger partial charge in [-0.05, 0) is 17.7 Å². The highest BCUT2D eigenvalue weighted by Gasteiger charge is 2.21. The van der Waals surface area contributed by atoms with Crippen molar-refractivity contribution in [2.45, 2.75) is 12.5 Å². The van der Waals surface area contributed by atoms with Gasteiger partial charge < -0.3 is 11.1 Å². The van der Waals surface area contributed by atoms with E-state index < -0.39 is 0 Å². The van der Waals surface area contributed by atoms with Crippen molar-refractivity contribution in [3.8, 4) is 0 Å². The number of fused-ring (bicyclic) bond motifs is 1. The summed E-state index contributed by atoms with van der Waals surface area (Å²) >= 11 is 0. The van der Waals surface area contributed by atoms with Gasteiger partial charge in [0.25, 0.3) is 0 Å². The summed E-state index contributed by atoms with van der Waals surface area (Å²) < 4.78 is 12.8. The van der Waals surface area contributed by atoms with Crippen LogP contribution in [0.15, 0.2) is 18.2 Å². The molecule has 2 rings (SSSR count). The first kappa shape index (κ1) is 8.19. The van der Waals surface area contributed by atoms with Gasteiger partial charge in [0.1, 0.15) is 5.82 Å². The Hall–Kier alpha value is -1.42. The van der Waals surface area contributed by atoms with Crippen molar-refractivity contribution in [3.63, 3.8) is 0 Å². The quantitative estimate of drug-likeness (QED) is 0.629. The Morgan fingerprint density at radius 3 is 3.08 bits per heavy atom. The lowest BCUT2D eigenvalue weighted by atomic mass is 9.98.